The maximum Gasteiger partial charge on any atom is 0.167 e. The largest absolute Gasteiger partial charge is 0.391 e. The third-order valence-electron chi connectivity index (χ3n) is 2.53. The lowest BCUT2D eigenvalue weighted by molar-refractivity contribution is -0.211. The van der Waals surface area contributed by atoms with Crippen molar-refractivity contribution < 1.29 is 23.5 Å². The first-order chi connectivity index (χ1) is 6.76. The minimum Gasteiger partial charge on any atom is -0.391 e. The topological polar surface area (TPSA) is 51.0 Å². The summed E-state index contributed by atoms with van der Waals surface area (Å²) in [5.41, 5.74) is 0.139. The molecule has 1 fully saturated rings. The second-order valence-electron chi connectivity index (χ2n) is 3.42. The van der Waals surface area contributed by atoms with Gasteiger partial charge in [-0.1, -0.05) is 5.16 Å². The van der Waals surface area contributed by atoms with Crippen LogP contribution >= 0.6 is 0 Å². The standard InChI is InChI=1S/C8H11F2NO3/c9-2-4-1-6-7(8(12)13-4)5(3-10)11-14-6/h4,6-8,12H,1-3H2/t4-,6+,7+,8?/m0/s1. The molecule has 0 aromatic heterocycles. The van der Waals surface area contributed by atoms with Gasteiger partial charge < -0.3 is 14.7 Å². The predicted octanol–water partition coefficient (Wildman–Crippen LogP) is 0.404. The third kappa shape index (κ3) is 1.48. The first-order valence-electron chi connectivity index (χ1n) is 4.44. The molecule has 0 aromatic carbocycles. The average molecular weight is 207 g/mol. The summed E-state index contributed by atoms with van der Waals surface area (Å²) in [6.07, 6.45) is -2.05. The van der Waals surface area contributed by atoms with Gasteiger partial charge in [0, 0.05) is 6.42 Å². The molecule has 2 heterocycles. The normalized spacial score (nSPS) is 41.5. The summed E-state index contributed by atoms with van der Waals surface area (Å²) in [7, 11) is 0. The summed E-state index contributed by atoms with van der Waals surface area (Å²) in [5.74, 6) is -0.581. The van der Waals surface area contributed by atoms with Crippen LogP contribution in [-0.4, -0.2) is 42.7 Å². The molecule has 80 valence electrons. The number of hydrogen-bond acceptors (Lipinski definition) is 4. The third-order valence-corrected chi connectivity index (χ3v) is 2.53. The predicted molar refractivity (Wildman–Crippen MR) is 43.2 cm³/mol. The summed E-state index contributed by atoms with van der Waals surface area (Å²) < 4.78 is 29.6. The van der Waals surface area contributed by atoms with Gasteiger partial charge in [-0.3, -0.25) is 0 Å². The lowest BCUT2D eigenvalue weighted by Gasteiger charge is -2.33. The fourth-order valence-corrected chi connectivity index (χ4v) is 1.82. The number of hydrogen-bond donors (Lipinski definition) is 1. The molecule has 1 unspecified atom stereocenters. The van der Waals surface area contributed by atoms with Crippen LogP contribution in [0.2, 0.25) is 0 Å². The molecule has 6 heteroatoms. The van der Waals surface area contributed by atoms with Crippen molar-refractivity contribution in [3.05, 3.63) is 0 Å². The molecule has 0 radical (unpaired) electrons. The molecule has 1 saturated heterocycles. The van der Waals surface area contributed by atoms with E-state index in [1.807, 2.05) is 0 Å². The molecule has 0 aromatic rings. The second-order valence-corrected chi connectivity index (χ2v) is 3.42. The van der Waals surface area contributed by atoms with E-state index in [1.165, 1.54) is 0 Å². The Morgan fingerprint density at radius 2 is 2.29 bits per heavy atom. The fourth-order valence-electron chi connectivity index (χ4n) is 1.82. The molecule has 2 rings (SSSR count). The number of rotatable bonds is 2. The van der Waals surface area contributed by atoms with E-state index in [2.05, 4.69) is 5.16 Å². The molecule has 0 amide bonds. The van der Waals surface area contributed by atoms with Crippen molar-refractivity contribution in [2.24, 2.45) is 11.1 Å². The van der Waals surface area contributed by atoms with Crippen LogP contribution in [-0.2, 0) is 9.57 Å². The molecular formula is C8H11F2NO3. The summed E-state index contributed by atoms with van der Waals surface area (Å²) >= 11 is 0. The van der Waals surface area contributed by atoms with Gasteiger partial charge in [-0.25, -0.2) is 8.78 Å². The van der Waals surface area contributed by atoms with E-state index in [1.54, 1.807) is 0 Å². The van der Waals surface area contributed by atoms with E-state index < -0.39 is 37.8 Å². The van der Waals surface area contributed by atoms with Gasteiger partial charge in [0.15, 0.2) is 6.29 Å². The number of alkyl halides is 2. The van der Waals surface area contributed by atoms with Gasteiger partial charge >= 0.3 is 0 Å². The summed E-state index contributed by atoms with van der Waals surface area (Å²) in [6.45, 7) is -1.46. The maximum atomic E-state index is 12.4. The van der Waals surface area contributed by atoms with Crippen LogP contribution in [0, 0.1) is 5.92 Å². The fraction of sp³-hybridized carbons (Fsp3) is 0.875. The van der Waals surface area contributed by atoms with Gasteiger partial charge in [-0.2, -0.15) is 0 Å². The minimum absolute atomic E-state index is 0.139. The van der Waals surface area contributed by atoms with E-state index in [0.29, 0.717) is 6.42 Å². The van der Waals surface area contributed by atoms with Crippen LogP contribution < -0.4 is 0 Å². The Morgan fingerprint density at radius 1 is 1.50 bits per heavy atom. The second kappa shape index (κ2) is 3.78. The summed E-state index contributed by atoms with van der Waals surface area (Å²) in [5, 5.41) is 13.0. The molecule has 4 nitrogen and oxygen atoms in total. The molecule has 1 N–H and O–H groups in total. The smallest absolute Gasteiger partial charge is 0.167 e. The van der Waals surface area contributed by atoms with Crippen LogP contribution in [0.15, 0.2) is 5.16 Å². The van der Waals surface area contributed by atoms with Crippen LogP contribution in [0.4, 0.5) is 8.78 Å². The van der Waals surface area contributed by atoms with Gasteiger partial charge in [-0.05, 0) is 0 Å². The highest BCUT2D eigenvalue weighted by Gasteiger charge is 2.46. The Hall–Kier alpha value is -0.750. The lowest BCUT2D eigenvalue weighted by atomic mass is 9.91. The summed E-state index contributed by atoms with van der Waals surface area (Å²) in [4.78, 5) is 4.90. The first kappa shape index (κ1) is 9.79. The van der Waals surface area contributed by atoms with Crippen molar-refractivity contribution >= 4 is 5.71 Å². The number of halogens is 2. The zero-order valence-corrected chi connectivity index (χ0v) is 7.40. The van der Waals surface area contributed by atoms with Crippen LogP contribution in [0.3, 0.4) is 0 Å². The maximum absolute atomic E-state index is 12.4. The lowest BCUT2D eigenvalue weighted by Crippen LogP contribution is -2.46. The monoisotopic (exact) mass is 207 g/mol. The Balaban J connectivity index is 2.07. The number of oxime groups is 1. The Bertz CT molecular complexity index is 249. The molecule has 14 heavy (non-hydrogen) atoms. The number of aliphatic hydroxyl groups excluding tert-OH is 1. The van der Waals surface area contributed by atoms with E-state index in [4.69, 9.17) is 9.57 Å². The molecule has 2 aliphatic rings. The molecule has 4 atom stereocenters. The van der Waals surface area contributed by atoms with E-state index in [9.17, 15) is 13.9 Å². The Kier molecular flexibility index (Phi) is 2.64. The molecule has 0 bridgehead atoms. The molecule has 0 aliphatic carbocycles. The zero-order chi connectivity index (χ0) is 10.1. The van der Waals surface area contributed by atoms with Crippen LogP contribution in [0.25, 0.3) is 0 Å². The first-order valence-corrected chi connectivity index (χ1v) is 4.44. The quantitative estimate of drug-likeness (QED) is 0.713. The number of ether oxygens (including phenoxy) is 1. The van der Waals surface area contributed by atoms with Crippen molar-refractivity contribution in [3.8, 4) is 0 Å². The van der Waals surface area contributed by atoms with Crippen molar-refractivity contribution in [1.29, 1.82) is 0 Å². The molecule has 0 saturated carbocycles. The van der Waals surface area contributed by atoms with E-state index >= 15 is 0 Å². The van der Waals surface area contributed by atoms with Crippen LogP contribution in [0.5, 0.6) is 0 Å². The van der Waals surface area contributed by atoms with Crippen LogP contribution in [0.1, 0.15) is 6.42 Å². The van der Waals surface area contributed by atoms with Gasteiger partial charge in [0.2, 0.25) is 0 Å². The molecule has 2 aliphatic heterocycles. The van der Waals surface area contributed by atoms with Crippen molar-refractivity contribution in [3.63, 3.8) is 0 Å². The van der Waals surface area contributed by atoms with Gasteiger partial charge in [0.25, 0.3) is 0 Å². The Labute approximate surface area is 79.5 Å². The van der Waals surface area contributed by atoms with Crippen molar-refractivity contribution in [1.82, 2.24) is 0 Å². The van der Waals surface area contributed by atoms with E-state index in [0.717, 1.165) is 0 Å². The highest BCUT2D eigenvalue weighted by atomic mass is 19.1. The number of nitrogens with zero attached hydrogens (tertiary/aromatic N) is 1. The Morgan fingerprint density at radius 3 is 2.93 bits per heavy atom. The number of aliphatic hydroxyl groups is 1. The molecular weight excluding hydrogens is 196 g/mol. The average Bonchev–Trinajstić information content (AvgIpc) is 2.61. The summed E-state index contributed by atoms with van der Waals surface area (Å²) in [6, 6.07) is 0. The SMILES string of the molecule is OC1O[C@H](CF)C[C@H]2ON=C(CF)[C@@H]12. The highest BCUT2D eigenvalue weighted by Crippen LogP contribution is 2.32. The molecule has 0 spiro atoms. The van der Waals surface area contributed by atoms with Gasteiger partial charge in [0.05, 0.1) is 12.0 Å². The van der Waals surface area contributed by atoms with E-state index in [-0.39, 0.29) is 5.71 Å². The highest BCUT2D eigenvalue weighted by molar-refractivity contribution is 5.89. The van der Waals surface area contributed by atoms with Crippen molar-refractivity contribution in [2.75, 3.05) is 13.3 Å². The zero-order valence-electron chi connectivity index (χ0n) is 7.40. The number of fused-ring (bicyclic) bond motifs is 1. The van der Waals surface area contributed by atoms with Crippen molar-refractivity contribution in [2.45, 2.75) is 24.9 Å². The van der Waals surface area contributed by atoms with Gasteiger partial charge in [-0.15, -0.1) is 0 Å². The van der Waals surface area contributed by atoms with Gasteiger partial charge in [0.1, 0.15) is 25.2 Å². The minimum atomic E-state index is -1.22.